The lowest BCUT2D eigenvalue weighted by molar-refractivity contribution is 0.664. The summed E-state index contributed by atoms with van der Waals surface area (Å²) < 4.78 is 0.192. The van der Waals surface area contributed by atoms with Gasteiger partial charge in [0.1, 0.15) is 0 Å². The lowest BCUT2D eigenvalue weighted by Crippen LogP contribution is -2.43. The van der Waals surface area contributed by atoms with Crippen LogP contribution in [0.5, 0.6) is 0 Å². The van der Waals surface area contributed by atoms with Crippen LogP contribution in [0.4, 0.5) is 0 Å². The van der Waals surface area contributed by atoms with E-state index >= 15 is 0 Å². The molecule has 0 fully saturated rings. The van der Waals surface area contributed by atoms with Gasteiger partial charge in [0, 0.05) is 24.0 Å². The van der Waals surface area contributed by atoms with Gasteiger partial charge >= 0.3 is 0 Å². The van der Waals surface area contributed by atoms with Gasteiger partial charge in [0.05, 0.1) is 12.2 Å². The SMILES string of the molecule is CCNC(=NCc1ncccc1C)NCC(C)(C)SC.I. The molecular formula is C15H27IN4S. The van der Waals surface area contributed by atoms with E-state index in [9.17, 15) is 0 Å². The Morgan fingerprint density at radius 1 is 1.38 bits per heavy atom. The third-order valence-electron chi connectivity index (χ3n) is 3.08. The van der Waals surface area contributed by atoms with Crippen molar-refractivity contribution in [2.24, 2.45) is 4.99 Å². The van der Waals surface area contributed by atoms with Gasteiger partial charge in [-0.1, -0.05) is 6.07 Å². The number of hydrogen-bond acceptors (Lipinski definition) is 3. The first-order chi connectivity index (χ1) is 9.48. The maximum absolute atomic E-state index is 4.60. The van der Waals surface area contributed by atoms with Crippen molar-refractivity contribution in [3.8, 4) is 0 Å². The van der Waals surface area contributed by atoms with E-state index in [1.54, 1.807) is 0 Å². The molecule has 0 saturated heterocycles. The third-order valence-corrected chi connectivity index (χ3v) is 4.33. The lowest BCUT2D eigenvalue weighted by Gasteiger charge is -2.23. The van der Waals surface area contributed by atoms with E-state index in [-0.39, 0.29) is 28.7 Å². The number of hydrogen-bond donors (Lipinski definition) is 2. The van der Waals surface area contributed by atoms with Gasteiger partial charge in [-0.2, -0.15) is 11.8 Å². The summed E-state index contributed by atoms with van der Waals surface area (Å²) in [5.41, 5.74) is 2.20. The molecule has 1 rings (SSSR count). The predicted octanol–water partition coefficient (Wildman–Crippen LogP) is 3.20. The highest BCUT2D eigenvalue weighted by atomic mass is 127. The maximum Gasteiger partial charge on any atom is 0.191 e. The van der Waals surface area contributed by atoms with Crippen molar-refractivity contribution in [1.29, 1.82) is 0 Å². The van der Waals surface area contributed by atoms with E-state index in [2.05, 4.69) is 60.6 Å². The van der Waals surface area contributed by atoms with Crippen LogP contribution in [0.1, 0.15) is 32.0 Å². The second kappa shape index (κ2) is 10.3. The Kier molecular flexibility index (Phi) is 10.0. The molecule has 0 radical (unpaired) electrons. The van der Waals surface area contributed by atoms with Crippen molar-refractivity contribution in [3.05, 3.63) is 29.6 Å². The van der Waals surface area contributed by atoms with E-state index in [1.807, 2.05) is 24.0 Å². The van der Waals surface area contributed by atoms with Crippen LogP contribution in [0, 0.1) is 6.92 Å². The Morgan fingerprint density at radius 3 is 2.67 bits per heavy atom. The molecule has 0 unspecified atom stereocenters. The van der Waals surface area contributed by atoms with Crippen LogP contribution >= 0.6 is 35.7 Å². The molecule has 120 valence electrons. The van der Waals surface area contributed by atoms with E-state index in [0.29, 0.717) is 6.54 Å². The molecule has 0 atom stereocenters. The molecule has 0 aliphatic heterocycles. The van der Waals surface area contributed by atoms with Crippen LogP contribution in [-0.4, -0.2) is 35.0 Å². The molecule has 1 heterocycles. The number of halogens is 1. The lowest BCUT2D eigenvalue weighted by atomic mass is 10.2. The Morgan fingerprint density at radius 2 is 2.10 bits per heavy atom. The molecule has 6 heteroatoms. The number of guanidine groups is 1. The Balaban J connectivity index is 0.00000400. The number of aryl methyl sites for hydroxylation is 1. The molecule has 0 bridgehead atoms. The van der Waals surface area contributed by atoms with Crippen molar-refractivity contribution < 1.29 is 0 Å². The fourth-order valence-electron chi connectivity index (χ4n) is 1.55. The van der Waals surface area contributed by atoms with Crippen molar-refractivity contribution in [3.63, 3.8) is 0 Å². The number of aromatic nitrogens is 1. The summed E-state index contributed by atoms with van der Waals surface area (Å²) in [6, 6.07) is 4.02. The highest BCUT2D eigenvalue weighted by Crippen LogP contribution is 2.19. The second-order valence-electron chi connectivity index (χ2n) is 5.28. The summed E-state index contributed by atoms with van der Waals surface area (Å²) in [5, 5.41) is 6.66. The molecule has 0 aromatic carbocycles. The zero-order valence-electron chi connectivity index (χ0n) is 13.6. The molecule has 0 spiro atoms. The van der Waals surface area contributed by atoms with Crippen molar-refractivity contribution >= 4 is 41.7 Å². The molecule has 21 heavy (non-hydrogen) atoms. The molecule has 0 aliphatic rings. The molecule has 0 amide bonds. The van der Waals surface area contributed by atoms with Gasteiger partial charge in [0.2, 0.25) is 0 Å². The summed E-state index contributed by atoms with van der Waals surface area (Å²) in [4.78, 5) is 8.97. The van der Waals surface area contributed by atoms with Gasteiger partial charge in [-0.05, 0) is 45.6 Å². The van der Waals surface area contributed by atoms with Crippen molar-refractivity contribution in [2.45, 2.75) is 39.0 Å². The quantitative estimate of drug-likeness (QED) is 0.420. The first-order valence-corrected chi connectivity index (χ1v) is 8.19. The zero-order valence-corrected chi connectivity index (χ0v) is 16.7. The summed E-state index contributed by atoms with van der Waals surface area (Å²) in [5.74, 6) is 0.847. The largest absolute Gasteiger partial charge is 0.357 e. The Labute approximate surface area is 150 Å². The maximum atomic E-state index is 4.60. The van der Waals surface area contributed by atoms with Gasteiger partial charge < -0.3 is 10.6 Å². The third kappa shape index (κ3) is 7.90. The van der Waals surface area contributed by atoms with Gasteiger partial charge in [-0.15, -0.1) is 24.0 Å². The highest BCUT2D eigenvalue weighted by Gasteiger charge is 2.16. The number of pyridine rings is 1. The molecule has 1 aromatic rings. The standard InChI is InChI=1S/C15H26N4S.HI/c1-6-16-14(19-11-15(3,4)20-5)18-10-13-12(2)8-7-9-17-13;/h7-9H,6,10-11H2,1-5H3,(H2,16,18,19);1H. The topological polar surface area (TPSA) is 49.3 Å². The number of nitrogens with zero attached hydrogens (tertiary/aromatic N) is 2. The predicted molar refractivity (Wildman–Crippen MR) is 105 cm³/mol. The number of nitrogens with one attached hydrogen (secondary N) is 2. The van der Waals surface area contributed by atoms with Gasteiger partial charge in [-0.25, -0.2) is 4.99 Å². The average Bonchev–Trinajstić information content (AvgIpc) is 2.43. The van der Waals surface area contributed by atoms with Crippen LogP contribution in [-0.2, 0) is 6.54 Å². The Hall–Kier alpha value is -0.500. The molecule has 4 nitrogen and oxygen atoms in total. The van der Waals surface area contributed by atoms with E-state index in [1.165, 1.54) is 5.56 Å². The van der Waals surface area contributed by atoms with Crippen LogP contribution < -0.4 is 10.6 Å². The van der Waals surface area contributed by atoms with Crippen molar-refractivity contribution in [1.82, 2.24) is 15.6 Å². The number of aliphatic imine (C=N–C) groups is 1. The van der Waals surface area contributed by atoms with E-state index < -0.39 is 0 Å². The van der Waals surface area contributed by atoms with Gasteiger partial charge in [-0.3, -0.25) is 4.98 Å². The summed E-state index contributed by atoms with van der Waals surface area (Å²) >= 11 is 1.85. The minimum atomic E-state index is 0. The van der Waals surface area contributed by atoms with Crippen LogP contribution in [0.2, 0.25) is 0 Å². The summed E-state index contributed by atoms with van der Waals surface area (Å²) in [6.07, 6.45) is 3.94. The molecule has 0 saturated carbocycles. The molecule has 0 aliphatic carbocycles. The monoisotopic (exact) mass is 422 g/mol. The van der Waals surface area contributed by atoms with Crippen LogP contribution in [0.3, 0.4) is 0 Å². The number of rotatable bonds is 6. The van der Waals surface area contributed by atoms with Gasteiger partial charge in [0.15, 0.2) is 5.96 Å². The minimum Gasteiger partial charge on any atom is -0.357 e. The van der Waals surface area contributed by atoms with Gasteiger partial charge in [0.25, 0.3) is 0 Å². The summed E-state index contributed by atoms with van der Waals surface area (Å²) in [6.45, 7) is 10.9. The number of thioether (sulfide) groups is 1. The van der Waals surface area contributed by atoms with E-state index in [4.69, 9.17) is 0 Å². The highest BCUT2D eigenvalue weighted by molar-refractivity contribution is 14.0. The first kappa shape index (κ1) is 20.5. The Bertz CT molecular complexity index is 449. The molecular weight excluding hydrogens is 395 g/mol. The second-order valence-corrected chi connectivity index (χ2v) is 6.79. The normalized spacial score (nSPS) is 11.8. The van der Waals surface area contributed by atoms with Crippen molar-refractivity contribution in [2.75, 3.05) is 19.3 Å². The van der Waals surface area contributed by atoms with Crippen LogP contribution in [0.25, 0.3) is 0 Å². The smallest absolute Gasteiger partial charge is 0.191 e. The fraction of sp³-hybridized carbons (Fsp3) is 0.600. The summed E-state index contributed by atoms with van der Waals surface area (Å²) in [7, 11) is 0. The molecule has 2 N–H and O–H groups in total. The zero-order chi connectivity index (χ0) is 15.0. The fourth-order valence-corrected chi connectivity index (χ4v) is 1.76. The average molecular weight is 422 g/mol. The van der Waals surface area contributed by atoms with Crippen LogP contribution in [0.15, 0.2) is 23.3 Å². The first-order valence-electron chi connectivity index (χ1n) is 6.96. The minimum absolute atomic E-state index is 0. The molecule has 1 aromatic heterocycles. The van der Waals surface area contributed by atoms with E-state index in [0.717, 1.165) is 24.7 Å².